The molecule has 1 aromatic heterocycles. The van der Waals surface area contributed by atoms with Crippen molar-refractivity contribution < 1.29 is 13.9 Å². The van der Waals surface area contributed by atoms with Gasteiger partial charge in [0.1, 0.15) is 16.3 Å². The number of nitrogens with one attached hydrogen (secondary N) is 1. The first kappa shape index (κ1) is 21.1. The van der Waals surface area contributed by atoms with Crippen LogP contribution in [0.5, 0.6) is 5.88 Å². The van der Waals surface area contributed by atoms with Gasteiger partial charge in [0, 0.05) is 17.7 Å². The molecular formula is C20H17FN6O2S. The van der Waals surface area contributed by atoms with Gasteiger partial charge in [-0.3, -0.25) is 9.79 Å². The minimum atomic E-state index is -0.818. The number of rotatable bonds is 5. The minimum Gasteiger partial charge on any atom is -0.463 e. The van der Waals surface area contributed by atoms with Crippen molar-refractivity contribution in [2.75, 3.05) is 11.9 Å². The van der Waals surface area contributed by atoms with Gasteiger partial charge in [0.2, 0.25) is 5.88 Å². The number of thioether (sulfide) groups is 1. The van der Waals surface area contributed by atoms with E-state index in [9.17, 15) is 14.4 Å². The van der Waals surface area contributed by atoms with Gasteiger partial charge >= 0.3 is 0 Å². The molecule has 0 saturated heterocycles. The molecule has 0 spiro atoms. The molecule has 1 amide bonds. The summed E-state index contributed by atoms with van der Waals surface area (Å²) in [5, 5.41) is 12.3. The lowest BCUT2D eigenvalue weighted by Gasteiger charge is -2.29. The summed E-state index contributed by atoms with van der Waals surface area (Å²) in [5.74, 6) is 1.45. The Hall–Kier alpha value is -3.63. The van der Waals surface area contributed by atoms with E-state index in [0.29, 0.717) is 5.69 Å². The molecule has 2 heterocycles. The fourth-order valence-corrected chi connectivity index (χ4v) is 3.74. The molecule has 152 valence electrons. The molecule has 1 aromatic carbocycles. The minimum absolute atomic E-state index is 0.0378. The summed E-state index contributed by atoms with van der Waals surface area (Å²) in [4.78, 5) is 24.6. The Morgan fingerprint density at radius 3 is 2.97 bits per heavy atom. The van der Waals surface area contributed by atoms with Crippen LogP contribution in [0.2, 0.25) is 0 Å². The number of nitrogens with zero attached hydrogens (tertiary/aromatic N) is 4. The first-order valence-electron chi connectivity index (χ1n) is 8.76. The van der Waals surface area contributed by atoms with E-state index in [4.69, 9.17) is 16.9 Å². The van der Waals surface area contributed by atoms with Gasteiger partial charge in [-0.25, -0.2) is 14.4 Å². The third kappa shape index (κ3) is 4.85. The number of hydrogen-bond acceptors (Lipinski definition) is 8. The molecule has 0 saturated carbocycles. The summed E-state index contributed by atoms with van der Waals surface area (Å²) in [7, 11) is 0. The number of amides is 1. The molecule has 3 rings (SSSR count). The topological polar surface area (TPSA) is 126 Å². The summed E-state index contributed by atoms with van der Waals surface area (Å²) in [6.45, 7) is 1.77. The highest BCUT2D eigenvalue weighted by Crippen LogP contribution is 2.41. The predicted octanol–water partition coefficient (Wildman–Crippen LogP) is 2.65. The number of nitrogens with two attached hydrogens (primary N) is 1. The van der Waals surface area contributed by atoms with E-state index in [0.717, 1.165) is 11.8 Å². The standard InChI is InChI=1S/C20H17FN6O2S/c1-3-6-29-17-10-24-16(9-25-17)18(28)26-12-4-5-14(21)13(7-12)15-8-20(2,11-22)30-19(23)27-15/h1,4-5,7,9-10,15H,6,8H2,2H3,(H2,23,27)(H,26,28). The number of carbonyl (C=O) groups excluding carboxylic acids is 1. The predicted molar refractivity (Wildman–Crippen MR) is 111 cm³/mol. The molecule has 0 fully saturated rings. The Labute approximate surface area is 176 Å². The third-order valence-corrected chi connectivity index (χ3v) is 5.23. The van der Waals surface area contributed by atoms with Crippen LogP contribution in [-0.4, -0.2) is 32.4 Å². The Kier molecular flexibility index (Phi) is 6.19. The average molecular weight is 424 g/mol. The zero-order valence-corrected chi connectivity index (χ0v) is 16.7. The Balaban J connectivity index is 1.79. The van der Waals surface area contributed by atoms with Crippen LogP contribution in [0.3, 0.4) is 0 Å². The maximum absolute atomic E-state index is 14.5. The number of nitriles is 1. The van der Waals surface area contributed by atoms with Gasteiger partial charge < -0.3 is 15.8 Å². The molecular weight excluding hydrogens is 407 g/mol. The van der Waals surface area contributed by atoms with E-state index in [1.165, 1.54) is 30.6 Å². The van der Waals surface area contributed by atoms with Crippen LogP contribution in [0, 0.1) is 29.5 Å². The molecule has 2 atom stereocenters. The highest BCUT2D eigenvalue weighted by molar-refractivity contribution is 8.15. The zero-order chi connectivity index (χ0) is 21.7. The Morgan fingerprint density at radius 1 is 1.50 bits per heavy atom. The van der Waals surface area contributed by atoms with Gasteiger partial charge in [-0.1, -0.05) is 17.7 Å². The van der Waals surface area contributed by atoms with E-state index in [-0.39, 0.29) is 35.3 Å². The maximum atomic E-state index is 14.5. The van der Waals surface area contributed by atoms with Crippen LogP contribution in [-0.2, 0) is 0 Å². The summed E-state index contributed by atoms with van der Waals surface area (Å²) in [6.07, 6.45) is 7.91. The second-order valence-corrected chi connectivity index (χ2v) is 8.08. The number of benzene rings is 1. The van der Waals surface area contributed by atoms with Crippen LogP contribution < -0.4 is 15.8 Å². The van der Waals surface area contributed by atoms with E-state index in [1.807, 2.05) is 0 Å². The number of aliphatic imine (C=N–C) groups is 1. The first-order valence-corrected chi connectivity index (χ1v) is 9.58. The number of hydrogen-bond donors (Lipinski definition) is 2. The van der Waals surface area contributed by atoms with Gasteiger partial charge in [-0.2, -0.15) is 5.26 Å². The van der Waals surface area contributed by atoms with Crippen molar-refractivity contribution in [3.05, 3.63) is 47.7 Å². The Bertz CT molecular complexity index is 1080. The summed E-state index contributed by atoms with van der Waals surface area (Å²) in [6, 6.07) is 5.67. The smallest absolute Gasteiger partial charge is 0.275 e. The molecule has 0 aliphatic carbocycles. The molecule has 30 heavy (non-hydrogen) atoms. The van der Waals surface area contributed by atoms with Gasteiger partial charge in [0.25, 0.3) is 5.91 Å². The van der Waals surface area contributed by atoms with Crippen LogP contribution in [0.1, 0.15) is 35.4 Å². The summed E-state index contributed by atoms with van der Waals surface area (Å²) in [5.41, 5.74) is 6.46. The molecule has 2 aromatic rings. The van der Waals surface area contributed by atoms with Crippen molar-refractivity contribution in [3.8, 4) is 24.3 Å². The monoisotopic (exact) mass is 424 g/mol. The van der Waals surface area contributed by atoms with Gasteiger partial charge in [0.15, 0.2) is 11.8 Å². The van der Waals surface area contributed by atoms with Crippen molar-refractivity contribution in [2.45, 2.75) is 24.1 Å². The molecule has 1 aliphatic heterocycles. The van der Waals surface area contributed by atoms with E-state index in [2.05, 4.69) is 32.3 Å². The number of terminal acetylenes is 1. The lowest BCUT2D eigenvalue weighted by Crippen LogP contribution is -2.31. The second kappa shape index (κ2) is 8.80. The number of carbonyl (C=O) groups is 1. The summed E-state index contributed by atoms with van der Waals surface area (Å²) < 4.78 is 18.8. The van der Waals surface area contributed by atoms with E-state index < -0.39 is 22.5 Å². The van der Waals surface area contributed by atoms with Crippen LogP contribution in [0.4, 0.5) is 10.1 Å². The average Bonchev–Trinajstić information content (AvgIpc) is 2.73. The molecule has 0 radical (unpaired) electrons. The van der Waals surface area contributed by atoms with Gasteiger partial charge in [-0.05, 0) is 25.1 Å². The summed E-state index contributed by atoms with van der Waals surface area (Å²) >= 11 is 1.15. The number of anilines is 1. The lowest BCUT2D eigenvalue weighted by atomic mass is 9.95. The fourth-order valence-electron chi connectivity index (χ4n) is 2.81. The largest absolute Gasteiger partial charge is 0.463 e. The van der Waals surface area contributed by atoms with Crippen molar-refractivity contribution in [1.82, 2.24) is 9.97 Å². The molecule has 10 heteroatoms. The van der Waals surface area contributed by atoms with Crippen molar-refractivity contribution >= 4 is 28.5 Å². The second-order valence-electron chi connectivity index (χ2n) is 6.56. The highest BCUT2D eigenvalue weighted by atomic mass is 32.2. The molecule has 0 bridgehead atoms. The fraction of sp³-hybridized carbons (Fsp3) is 0.250. The number of aromatic nitrogens is 2. The SMILES string of the molecule is C#CCOc1cnc(C(=O)Nc2ccc(F)c(C3CC(C)(C#N)SC(N)=N3)c2)cn1. The Morgan fingerprint density at radius 2 is 2.30 bits per heavy atom. The van der Waals surface area contributed by atoms with Crippen molar-refractivity contribution in [3.63, 3.8) is 0 Å². The normalized spacial score (nSPS) is 20.4. The van der Waals surface area contributed by atoms with Gasteiger partial charge in [0.05, 0.1) is 24.5 Å². The lowest BCUT2D eigenvalue weighted by molar-refractivity contribution is 0.102. The van der Waals surface area contributed by atoms with Crippen molar-refractivity contribution in [2.24, 2.45) is 10.7 Å². The zero-order valence-electron chi connectivity index (χ0n) is 15.9. The van der Waals surface area contributed by atoms with Crippen LogP contribution in [0.15, 0.2) is 35.6 Å². The molecule has 2 unspecified atom stereocenters. The van der Waals surface area contributed by atoms with Gasteiger partial charge in [-0.15, -0.1) is 6.42 Å². The third-order valence-electron chi connectivity index (χ3n) is 4.21. The first-order chi connectivity index (χ1) is 14.3. The highest BCUT2D eigenvalue weighted by Gasteiger charge is 2.36. The van der Waals surface area contributed by atoms with Crippen molar-refractivity contribution in [1.29, 1.82) is 5.26 Å². The van der Waals surface area contributed by atoms with Crippen LogP contribution in [0.25, 0.3) is 0 Å². The van der Waals surface area contributed by atoms with E-state index in [1.54, 1.807) is 6.92 Å². The number of amidine groups is 1. The van der Waals surface area contributed by atoms with Crippen LogP contribution >= 0.6 is 11.8 Å². The molecule has 8 nitrogen and oxygen atoms in total. The number of halogens is 1. The molecule has 1 aliphatic rings. The van der Waals surface area contributed by atoms with E-state index >= 15 is 0 Å². The quantitative estimate of drug-likeness (QED) is 0.707. The maximum Gasteiger partial charge on any atom is 0.275 e. The number of ether oxygens (including phenoxy) is 1. The molecule has 3 N–H and O–H groups in total.